The van der Waals surface area contributed by atoms with Crippen LogP contribution in [0.25, 0.3) is 0 Å². The molecule has 0 aromatic carbocycles. The molecule has 1 saturated carbocycles. The van der Waals surface area contributed by atoms with Crippen molar-refractivity contribution in [1.29, 1.82) is 0 Å². The molecule has 3 nitrogen and oxygen atoms in total. The molecule has 0 atom stereocenters. The lowest BCUT2D eigenvalue weighted by atomic mass is 10.2. The summed E-state index contributed by atoms with van der Waals surface area (Å²) in [7, 11) is 4.07. The molecule has 0 bridgehead atoms. The molecular formula is C9H13BrN2O. The number of nitrogens with one attached hydrogen (secondary N) is 1. The van der Waals surface area contributed by atoms with Crippen molar-refractivity contribution in [2.75, 3.05) is 20.6 Å². The predicted octanol–water partition coefficient (Wildman–Crippen LogP) is 0.553. The van der Waals surface area contributed by atoms with Gasteiger partial charge in [0, 0.05) is 33.9 Å². The van der Waals surface area contributed by atoms with E-state index in [0.717, 1.165) is 12.8 Å². The maximum atomic E-state index is 11.0. The van der Waals surface area contributed by atoms with Crippen molar-refractivity contribution in [3.63, 3.8) is 0 Å². The molecule has 1 fully saturated rings. The number of likely N-dealkylation sites (N-methyl/N-ethyl adjacent to an activating group) is 1. The third kappa shape index (κ3) is 2.71. The van der Waals surface area contributed by atoms with Crippen LogP contribution in [0.3, 0.4) is 0 Å². The third-order valence-electron chi connectivity index (χ3n) is 2.51. The summed E-state index contributed by atoms with van der Waals surface area (Å²) in [6, 6.07) is 0. The van der Waals surface area contributed by atoms with E-state index in [4.69, 9.17) is 0 Å². The van der Waals surface area contributed by atoms with Crippen molar-refractivity contribution >= 4 is 21.8 Å². The highest BCUT2D eigenvalue weighted by Crippen LogP contribution is 2.39. The highest BCUT2D eigenvalue weighted by atomic mass is 79.9. The molecule has 0 unspecified atom stereocenters. The van der Waals surface area contributed by atoms with E-state index in [1.807, 2.05) is 14.1 Å². The summed E-state index contributed by atoms with van der Waals surface area (Å²) in [6.07, 6.45) is 2.31. The monoisotopic (exact) mass is 244 g/mol. The number of amides is 1. The van der Waals surface area contributed by atoms with Gasteiger partial charge in [-0.05, 0) is 31.8 Å². The quantitative estimate of drug-likeness (QED) is 0.736. The minimum atomic E-state index is -0.218. The largest absolute Gasteiger partial charge is 0.343 e. The number of hydrogen-bond acceptors (Lipinski definition) is 2. The summed E-state index contributed by atoms with van der Waals surface area (Å²) in [5.41, 5.74) is 0.198. The van der Waals surface area contributed by atoms with Gasteiger partial charge in [0.15, 0.2) is 0 Å². The average molecular weight is 245 g/mol. The standard InChI is InChI=1S/C9H13BrN2O/c1-12(2)9(4-5-9)7-11-8(13)3-6-10/h4-5,7H2,1-2H3,(H,11,13). The molecule has 1 N–H and O–H groups in total. The van der Waals surface area contributed by atoms with Crippen LogP contribution >= 0.6 is 15.9 Å². The molecule has 0 aromatic heterocycles. The van der Waals surface area contributed by atoms with Crippen molar-refractivity contribution in [1.82, 2.24) is 10.2 Å². The van der Waals surface area contributed by atoms with Crippen molar-refractivity contribution in [3.8, 4) is 10.8 Å². The van der Waals surface area contributed by atoms with Crippen LogP contribution < -0.4 is 5.32 Å². The van der Waals surface area contributed by atoms with E-state index in [9.17, 15) is 4.79 Å². The Bertz CT molecular complexity index is 261. The zero-order valence-electron chi connectivity index (χ0n) is 7.85. The van der Waals surface area contributed by atoms with E-state index in [1.54, 1.807) is 0 Å². The van der Waals surface area contributed by atoms with E-state index in [0.29, 0.717) is 6.54 Å². The Morgan fingerprint density at radius 1 is 1.62 bits per heavy atom. The van der Waals surface area contributed by atoms with Crippen LogP contribution in [0.15, 0.2) is 0 Å². The third-order valence-corrected chi connectivity index (χ3v) is 2.71. The molecular weight excluding hydrogens is 232 g/mol. The number of hydrogen-bond donors (Lipinski definition) is 1. The summed E-state index contributed by atoms with van der Waals surface area (Å²) < 4.78 is 0. The molecule has 0 aliphatic heterocycles. The molecule has 0 spiro atoms. The summed E-state index contributed by atoms with van der Waals surface area (Å²) in [4.78, 5) is 15.6. The fraction of sp³-hybridized carbons (Fsp3) is 0.667. The fourth-order valence-electron chi connectivity index (χ4n) is 1.26. The first kappa shape index (κ1) is 10.6. The Hall–Kier alpha value is -0.530. The SMILES string of the molecule is CN(C)C1(CNC(=O)C#CBr)CC1. The molecule has 0 heterocycles. The van der Waals surface area contributed by atoms with Crippen molar-refractivity contribution in [3.05, 3.63) is 0 Å². The number of halogens is 1. The zero-order chi connectivity index (χ0) is 9.90. The molecule has 72 valence electrons. The minimum Gasteiger partial charge on any atom is -0.343 e. The smallest absolute Gasteiger partial charge is 0.296 e. The highest BCUT2D eigenvalue weighted by molar-refractivity contribution is 9.12. The predicted molar refractivity (Wildman–Crippen MR) is 55.4 cm³/mol. The maximum Gasteiger partial charge on any atom is 0.296 e. The lowest BCUT2D eigenvalue weighted by Gasteiger charge is -2.23. The second kappa shape index (κ2) is 4.12. The minimum absolute atomic E-state index is 0.198. The van der Waals surface area contributed by atoms with Gasteiger partial charge in [0.2, 0.25) is 0 Å². The summed E-state index contributed by atoms with van der Waals surface area (Å²) >= 11 is 2.88. The van der Waals surface area contributed by atoms with Crippen molar-refractivity contribution in [2.24, 2.45) is 0 Å². The molecule has 1 amide bonds. The Morgan fingerprint density at radius 2 is 2.23 bits per heavy atom. The molecule has 0 radical (unpaired) electrons. The number of nitrogens with zero attached hydrogens (tertiary/aromatic N) is 1. The Morgan fingerprint density at radius 3 is 2.62 bits per heavy atom. The van der Waals surface area contributed by atoms with Gasteiger partial charge < -0.3 is 10.2 Å². The molecule has 0 aromatic rings. The summed E-state index contributed by atoms with van der Waals surface area (Å²) in [5, 5.41) is 2.78. The van der Waals surface area contributed by atoms with Gasteiger partial charge in [-0.25, -0.2) is 0 Å². The fourth-order valence-corrected chi connectivity index (χ4v) is 1.44. The molecule has 13 heavy (non-hydrogen) atoms. The van der Waals surface area contributed by atoms with E-state index in [2.05, 4.69) is 36.9 Å². The van der Waals surface area contributed by atoms with Gasteiger partial charge in [0.05, 0.1) is 0 Å². The Balaban J connectivity index is 2.33. The van der Waals surface area contributed by atoms with Crippen molar-refractivity contribution < 1.29 is 4.79 Å². The van der Waals surface area contributed by atoms with Gasteiger partial charge >= 0.3 is 0 Å². The maximum absolute atomic E-state index is 11.0. The molecule has 1 rings (SSSR count). The molecule has 1 aliphatic carbocycles. The second-order valence-corrected chi connectivity index (χ2v) is 3.92. The Kier molecular flexibility index (Phi) is 3.34. The van der Waals surface area contributed by atoms with Crippen LogP contribution in [-0.4, -0.2) is 37.0 Å². The first-order valence-electron chi connectivity index (χ1n) is 4.18. The van der Waals surface area contributed by atoms with Gasteiger partial charge in [0.25, 0.3) is 5.91 Å². The van der Waals surface area contributed by atoms with Crippen LogP contribution in [0.4, 0.5) is 0 Å². The topological polar surface area (TPSA) is 32.3 Å². The number of carbonyl (C=O) groups is 1. The zero-order valence-corrected chi connectivity index (χ0v) is 9.44. The van der Waals surface area contributed by atoms with Crippen LogP contribution in [0.5, 0.6) is 0 Å². The number of carbonyl (C=O) groups excluding carboxylic acids is 1. The molecule has 4 heteroatoms. The first-order valence-corrected chi connectivity index (χ1v) is 4.97. The van der Waals surface area contributed by atoms with E-state index in [-0.39, 0.29) is 11.4 Å². The second-order valence-electron chi connectivity index (χ2n) is 3.52. The summed E-state index contributed by atoms with van der Waals surface area (Å²) in [5.74, 6) is 2.17. The van der Waals surface area contributed by atoms with E-state index in [1.165, 1.54) is 0 Å². The van der Waals surface area contributed by atoms with Crippen LogP contribution in [0.1, 0.15) is 12.8 Å². The van der Waals surface area contributed by atoms with E-state index < -0.39 is 0 Å². The van der Waals surface area contributed by atoms with Crippen LogP contribution in [0.2, 0.25) is 0 Å². The van der Waals surface area contributed by atoms with E-state index >= 15 is 0 Å². The summed E-state index contributed by atoms with van der Waals surface area (Å²) in [6.45, 7) is 0.695. The lowest BCUT2D eigenvalue weighted by molar-refractivity contribution is -0.115. The van der Waals surface area contributed by atoms with Gasteiger partial charge in [-0.3, -0.25) is 4.79 Å². The highest BCUT2D eigenvalue weighted by Gasteiger charge is 2.44. The van der Waals surface area contributed by atoms with Gasteiger partial charge in [-0.15, -0.1) is 0 Å². The number of rotatable bonds is 3. The molecule has 1 aliphatic rings. The van der Waals surface area contributed by atoms with Crippen LogP contribution in [0, 0.1) is 10.8 Å². The van der Waals surface area contributed by atoms with Crippen LogP contribution in [-0.2, 0) is 4.79 Å². The van der Waals surface area contributed by atoms with Crippen molar-refractivity contribution in [2.45, 2.75) is 18.4 Å². The van der Waals surface area contributed by atoms with Gasteiger partial charge in [-0.2, -0.15) is 0 Å². The Labute approximate surface area is 87.0 Å². The lowest BCUT2D eigenvalue weighted by Crippen LogP contribution is -2.41. The van der Waals surface area contributed by atoms with Gasteiger partial charge in [-0.1, -0.05) is 0 Å². The average Bonchev–Trinajstić information content (AvgIpc) is 2.82. The normalized spacial score (nSPS) is 17.5. The molecule has 0 saturated heterocycles. The van der Waals surface area contributed by atoms with Gasteiger partial charge in [0.1, 0.15) is 0 Å². The first-order chi connectivity index (χ1) is 6.10.